The lowest BCUT2D eigenvalue weighted by atomic mass is 10.0. The molecule has 1 aromatic heterocycles. The summed E-state index contributed by atoms with van der Waals surface area (Å²) in [6.45, 7) is 0. The van der Waals surface area contributed by atoms with Crippen LogP contribution >= 0.6 is 0 Å². The number of aromatic nitrogens is 2. The molecule has 1 aromatic carbocycles. The van der Waals surface area contributed by atoms with Crippen LogP contribution in [0.25, 0.3) is 11.3 Å². The van der Waals surface area contributed by atoms with Gasteiger partial charge in [-0.15, -0.1) is 0 Å². The average Bonchev–Trinajstić information content (AvgIpc) is 2.47. The van der Waals surface area contributed by atoms with Gasteiger partial charge in [0.1, 0.15) is 6.07 Å². The van der Waals surface area contributed by atoms with Gasteiger partial charge in [-0.05, 0) is 18.2 Å². The van der Waals surface area contributed by atoms with Crippen LogP contribution in [0.1, 0.15) is 16.8 Å². The van der Waals surface area contributed by atoms with Gasteiger partial charge in [-0.1, -0.05) is 0 Å². The Labute approximate surface area is 129 Å². The molecule has 2 aromatic rings. The molecule has 0 aliphatic rings. The Bertz CT molecular complexity index is 859. The Morgan fingerprint density at radius 1 is 1.04 bits per heavy atom. The summed E-state index contributed by atoms with van der Waals surface area (Å²) >= 11 is 0. The van der Waals surface area contributed by atoms with Crippen molar-refractivity contribution in [2.75, 3.05) is 0 Å². The van der Waals surface area contributed by atoms with Crippen molar-refractivity contribution >= 4 is 0 Å². The van der Waals surface area contributed by atoms with Crippen molar-refractivity contribution in [3.05, 3.63) is 46.7 Å². The Hall–Kier alpha value is -3.03. The molecular weight excluding hydrogens is 342 g/mol. The van der Waals surface area contributed by atoms with Crippen LogP contribution in [0.4, 0.5) is 26.3 Å². The Kier molecular flexibility index (Phi) is 4.01. The van der Waals surface area contributed by atoms with E-state index in [1.165, 1.54) is 6.07 Å². The third kappa shape index (κ3) is 3.32. The second kappa shape index (κ2) is 5.55. The van der Waals surface area contributed by atoms with E-state index in [2.05, 4.69) is 4.98 Å². The van der Waals surface area contributed by atoms with Crippen LogP contribution < -0.4 is 5.49 Å². The van der Waals surface area contributed by atoms with Gasteiger partial charge in [0.2, 0.25) is 0 Å². The second-order valence-electron chi connectivity index (χ2n) is 4.57. The lowest BCUT2D eigenvalue weighted by Gasteiger charge is -2.14. The van der Waals surface area contributed by atoms with Crippen molar-refractivity contribution in [2.24, 2.45) is 0 Å². The molecule has 0 radical (unpaired) electrons. The van der Waals surface area contributed by atoms with Gasteiger partial charge in [-0.2, -0.15) is 36.3 Å². The van der Waals surface area contributed by atoms with E-state index in [9.17, 15) is 31.5 Å². The summed E-state index contributed by atoms with van der Waals surface area (Å²) in [7, 11) is 0. The first-order valence-corrected chi connectivity index (χ1v) is 6.01. The van der Waals surface area contributed by atoms with Gasteiger partial charge >= 0.3 is 12.4 Å². The van der Waals surface area contributed by atoms with E-state index in [1.54, 1.807) is 0 Å². The first kappa shape index (κ1) is 17.3. The molecule has 0 amide bonds. The number of hydrogen-bond donors (Lipinski definition) is 2. The van der Waals surface area contributed by atoms with Crippen LogP contribution in [0.15, 0.2) is 24.4 Å². The van der Waals surface area contributed by atoms with Crippen molar-refractivity contribution in [1.29, 1.82) is 10.7 Å². The third-order valence-corrected chi connectivity index (χ3v) is 2.92. The lowest BCUT2D eigenvalue weighted by Crippen LogP contribution is -2.22. The number of hydrogen-bond acceptors (Lipinski definition) is 4. The molecule has 0 bridgehead atoms. The highest BCUT2D eigenvalue weighted by atomic mass is 19.4. The molecule has 11 heteroatoms. The van der Waals surface area contributed by atoms with Gasteiger partial charge in [0.25, 0.3) is 0 Å². The highest BCUT2D eigenvalue weighted by Gasteiger charge is 2.37. The summed E-state index contributed by atoms with van der Waals surface area (Å²) in [4.78, 5) is 3.50. The maximum absolute atomic E-state index is 12.8. The monoisotopic (exact) mass is 348 g/mol. The van der Waals surface area contributed by atoms with Gasteiger partial charge in [-0.3, -0.25) is 5.41 Å². The fourth-order valence-electron chi connectivity index (χ4n) is 1.81. The number of benzene rings is 1. The summed E-state index contributed by atoms with van der Waals surface area (Å²) in [6, 6.07) is 2.17. The molecule has 0 aliphatic carbocycles. The molecule has 126 valence electrons. The van der Waals surface area contributed by atoms with Gasteiger partial charge in [0, 0.05) is 5.56 Å². The first-order chi connectivity index (χ1) is 10.9. The fourth-order valence-corrected chi connectivity index (χ4v) is 1.81. The molecular formula is C13H6F6N4O. The van der Waals surface area contributed by atoms with Crippen LogP contribution in [-0.2, 0) is 12.4 Å². The van der Waals surface area contributed by atoms with Crippen molar-refractivity contribution < 1.29 is 31.5 Å². The molecule has 1 heterocycles. The molecule has 5 nitrogen and oxygen atoms in total. The van der Waals surface area contributed by atoms with Gasteiger partial charge < -0.3 is 5.21 Å². The molecule has 0 fully saturated rings. The quantitative estimate of drug-likeness (QED) is 0.613. The Morgan fingerprint density at radius 3 is 1.96 bits per heavy atom. The topological polar surface area (TPSA) is 85.7 Å². The van der Waals surface area contributed by atoms with Crippen LogP contribution in [0.3, 0.4) is 0 Å². The van der Waals surface area contributed by atoms with Gasteiger partial charge in [0.05, 0.1) is 23.0 Å². The van der Waals surface area contributed by atoms with E-state index in [4.69, 9.17) is 10.7 Å². The highest BCUT2D eigenvalue weighted by molar-refractivity contribution is 5.61. The fraction of sp³-hybridized carbons (Fsp3) is 0.154. The van der Waals surface area contributed by atoms with Crippen LogP contribution in [0.2, 0.25) is 0 Å². The van der Waals surface area contributed by atoms with Crippen LogP contribution in [-0.4, -0.2) is 14.9 Å². The minimum absolute atomic E-state index is 0.0550. The Morgan fingerprint density at radius 2 is 1.54 bits per heavy atom. The maximum Gasteiger partial charge on any atom is 0.416 e. The van der Waals surface area contributed by atoms with E-state index in [-0.39, 0.29) is 10.8 Å². The molecule has 0 atom stereocenters. The SMILES string of the molecule is N#Cc1nc(-c2cc(C(F)(F)F)cc(C(F)(F)F)c2)cn(O)c1=N. The molecule has 2 N–H and O–H groups in total. The molecule has 0 unspecified atom stereocenters. The number of nitrogens with zero attached hydrogens (tertiary/aromatic N) is 3. The third-order valence-electron chi connectivity index (χ3n) is 2.92. The van der Waals surface area contributed by atoms with E-state index in [1.807, 2.05) is 0 Å². The lowest BCUT2D eigenvalue weighted by molar-refractivity contribution is -0.143. The number of rotatable bonds is 1. The average molecular weight is 348 g/mol. The normalized spacial score (nSPS) is 12.0. The molecule has 0 aliphatic heterocycles. The van der Waals surface area contributed by atoms with E-state index >= 15 is 0 Å². The van der Waals surface area contributed by atoms with Crippen LogP contribution in [0.5, 0.6) is 0 Å². The largest absolute Gasteiger partial charge is 0.427 e. The predicted octanol–water partition coefficient (Wildman–Crippen LogP) is 3.18. The van der Waals surface area contributed by atoms with E-state index in [0.717, 1.165) is 0 Å². The first-order valence-electron chi connectivity index (χ1n) is 6.01. The van der Waals surface area contributed by atoms with E-state index in [0.29, 0.717) is 18.3 Å². The number of nitrogens with one attached hydrogen (secondary N) is 1. The zero-order chi connectivity index (χ0) is 18.3. The maximum atomic E-state index is 12.8. The summed E-state index contributed by atoms with van der Waals surface area (Å²) < 4.78 is 77.0. The zero-order valence-corrected chi connectivity index (χ0v) is 11.4. The van der Waals surface area contributed by atoms with Gasteiger partial charge in [0.15, 0.2) is 11.2 Å². The highest BCUT2D eigenvalue weighted by Crippen LogP contribution is 2.38. The summed E-state index contributed by atoms with van der Waals surface area (Å²) in [6.07, 6.45) is -9.45. The molecule has 0 saturated heterocycles. The number of nitriles is 1. The minimum atomic E-state index is -5.04. The molecule has 2 rings (SSSR count). The second-order valence-corrected chi connectivity index (χ2v) is 4.57. The Balaban J connectivity index is 2.78. The van der Waals surface area contributed by atoms with Crippen molar-refractivity contribution in [2.45, 2.75) is 12.4 Å². The van der Waals surface area contributed by atoms with Gasteiger partial charge in [-0.25, -0.2) is 4.98 Å². The van der Waals surface area contributed by atoms with Crippen molar-refractivity contribution in [3.8, 4) is 17.3 Å². The van der Waals surface area contributed by atoms with E-state index < -0.39 is 45.9 Å². The molecule has 24 heavy (non-hydrogen) atoms. The van der Waals surface area contributed by atoms with Crippen molar-refractivity contribution in [1.82, 2.24) is 9.71 Å². The minimum Gasteiger partial charge on any atom is -0.427 e. The summed E-state index contributed by atoms with van der Waals surface area (Å²) in [5, 5.41) is 25.5. The zero-order valence-electron chi connectivity index (χ0n) is 11.4. The van der Waals surface area contributed by atoms with Crippen molar-refractivity contribution in [3.63, 3.8) is 0 Å². The smallest absolute Gasteiger partial charge is 0.416 e. The van der Waals surface area contributed by atoms with Crippen LogP contribution in [0, 0.1) is 16.7 Å². The summed E-state index contributed by atoms with van der Waals surface area (Å²) in [5.74, 6) is 0. The number of alkyl halides is 6. The standard InChI is InChI=1S/C13H6F6N4O/c14-12(15,16)7-1-6(2-8(3-7)13(17,18)19)10-5-23(24)11(21)9(4-20)22-10/h1-3,5,21,24H. The predicted molar refractivity (Wildman–Crippen MR) is 65.4 cm³/mol. The molecule has 0 saturated carbocycles. The molecule has 0 spiro atoms. The summed E-state index contributed by atoms with van der Waals surface area (Å²) in [5.41, 5.74) is -5.69. The number of halogens is 6.